The summed E-state index contributed by atoms with van der Waals surface area (Å²) in [4.78, 5) is 24.7. The van der Waals surface area contributed by atoms with Gasteiger partial charge in [-0.15, -0.1) is 0 Å². The zero-order chi connectivity index (χ0) is 6.78. The van der Waals surface area contributed by atoms with Crippen molar-refractivity contribution >= 4 is 59.5 Å². The van der Waals surface area contributed by atoms with Gasteiger partial charge in [0.1, 0.15) is 0 Å². The largest absolute Gasteiger partial charge is 2.00 e. The second-order valence-electron chi connectivity index (χ2n) is 0.848. The van der Waals surface area contributed by atoms with Crippen molar-refractivity contribution in [1.29, 1.82) is 0 Å². The maximum absolute atomic E-state index is 9.53. The fourth-order valence-corrected chi connectivity index (χ4v) is 0.305. The SMILES string of the molecule is O=C(O)OP(=O)(O)O.[H-].[H-].[Sr+2]. The van der Waals surface area contributed by atoms with E-state index in [0.717, 1.165) is 0 Å². The van der Waals surface area contributed by atoms with Crippen LogP contribution in [0, 0.1) is 0 Å². The number of phosphoric acid groups is 1. The van der Waals surface area contributed by atoms with Crippen molar-refractivity contribution in [2.45, 2.75) is 0 Å². The summed E-state index contributed by atoms with van der Waals surface area (Å²) in [7, 11) is -4.82. The number of phosphoric ester groups is 1. The molecular formula is CH5O6PSr. The minimum Gasteiger partial charge on any atom is -1.00 e. The smallest absolute Gasteiger partial charge is 1.00 e. The molecule has 0 aromatic rings. The van der Waals surface area contributed by atoms with Crippen LogP contribution in [-0.4, -0.2) is 66.5 Å². The molecule has 0 heterocycles. The molecule has 0 amide bonds. The molecule has 9 heavy (non-hydrogen) atoms. The summed E-state index contributed by atoms with van der Waals surface area (Å²) in [5.74, 6) is 0. The normalized spacial score (nSPS) is 9.56. The molecule has 0 unspecified atom stereocenters. The van der Waals surface area contributed by atoms with E-state index in [4.69, 9.17) is 14.9 Å². The summed E-state index contributed by atoms with van der Waals surface area (Å²) < 4.78 is 12.6. The van der Waals surface area contributed by atoms with E-state index in [1.807, 2.05) is 0 Å². The molecule has 0 aliphatic rings. The summed E-state index contributed by atoms with van der Waals surface area (Å²) in [5.41, 5.74) is 0. The average Bonchev–Trinajstić information content (AvgIpc) is 1.21. The third kappa shape index (κ3) is 12.2. The van der Waals surface area contributed by atoms with Gasteiger partial charge in [-0.05, 0) is 0 Å². The summed E-state index contributed by atoms with van der Waals surface area (Å²) in [6.45, 7) is 0. The molecule has 0 aliphatic carbocycles. The number of hydrogen-bond acceptors (Lipinski definition) is 3. The van der Waals surface area contributed by atoms with Crippen molar-refractivity contribution in [3.63, 3.8) is 0 Å². The van der Waals surface area contributed by atoms with Crippen LogP contribution in [0.5, 0.6) is 0 Å². The van der Waals surface area contributed by atoms with E-state index in [-0.39, 0.29) is 48.3 Å². The Balaban J connectivity index is -0.0000000817. The standard InChI is InChI=1S/CH3O6P.Sr.2H/c2-1(3)7-8(4,5)6;;;/h(H,2,3)(H2,4,5,6);;;/q;+2;2*-1. The third-order valence-corrected chi connectivity index (χ3v) is 0.591. The molecule has 0 aromatic carbocycles. The van der Waals surface area contributed by atoms with Gasteiger partial charge in [-0.3, -0.25) is 9.79 Å². The molecule has 8 heteroatoms. The molecule has 0 fully saturated rings. The Morgan fingerprint density at radius 1 is 1.56 bits per heavy atom. The Labute approximate surface area is 90.3 Å². The average molecular weight is 232 g/mol. The van der Waals surface area contributed by atoms with Gasteiger partial charge in [0.15, 0.2) is 0 Å². The van der Waals surface area contributed by atoms with Gasteiger partial charge in [-0.2, -0.15) is 0 Å². The molecule has 0 spiro atoms. The first-order valence-corrected chi connectivity index (χ1v) is 2.93. The van der Waals surface area contributed by atoms with Crippen LogP contribution in [-0.2, 0) is 9.09 Å². The van der Waals surface area contributed by atoms with Gasteiger partial charge in [0.25, 0.3) is 0 Å². The molecule has 6 nitrogen and oxygen atoms in total. The molecule has 52 valence electrons. The fourth-order valence-electron chi connectivity index (χ4n) is 0.102. The molecule has 0 aromatic heterocycles. The molecular weight excluding hydrogens is 227 g/mol. The van der Waals surface area contributed by atoms with Gasteiger partial charge in [-0.25, -0.2) is 9.36 Å². The topological polar surface area (TPSA) is 104 Å². The molecule has 0 saturated heterocycles. The Morgan fingerprint density at radius 2 is 1.89 bits per heavy atom. The van der Waals surface area contributed by atoms with Crippen molar-refractivity contribution < 1.29 is 31.6 Å². The predicted molar refractivity (Wildman–Crippen MR) is 29.1 cm³/mol. The maximum Gasteiger partial charge on any atom is 2.00 e. The fraction of sp³-hybridized carbons (Fsp3) is 0. The first-order valence-electron chi connectivity index (χ1n) is 1.40. The first-order chi connectivity index (χ1) is 3.42. The Kier molecular flexibility index (Phi) is 6.53. The van der Waals surface area contributed by atoms with Crippen LogP contribution in [0.4, 0.5) is 4.79 Å². The Hall–Kier alpha value is 0.901. The van der Waals surface area contributed by atoms with E-state index in [1.165, 1.54) is 0 Å². The van der Waals surface area contributed by atoms with Gasteiger partial charge in [0, 0.05) is 0 Å². The minimum absolute atomic E-state index is 0. The van der Waals surface area contributed by atoms with Crippen molar-refractivity contribution in [1.82, 2.24) is 0 Å². The van der Waals surface area contributed by atoms with Gasteiger partial charge < -0.3 is 12.5 Å². The van der Waals surface area contributed by atoms with Crippen LogP contribution < -0.4 is 0 Å². The second-order valence-corrected chi connectivity index (χ2v) is 2.01. The number of hydrogen-bond donors (Lipinski definition) is 3. The molecule has 0 aliphatic heterocycles. The number of carbonyl (C=O) groups is 1. The van der Waals surface area contributed by atoms with Crippen LogP contribution in [0.2, 0.25) is 0 Å². The van der Waals surface area contributed by atoms with Crippen LogP contribution in [0.3, 0.4) is 0 Å². The van der Waals surface area contributed by atoms with E-state index in [2.05, 4.69) is 4.52 Å². The monoisotopic (exact) mass is 232 g/mol. The quantitative estimate of drug-likeness (QED) is 0.420. The van der Waals surface area contributed by atoms with Gasteiger partial charge >= 0.3 is 59.5 Å². The summed E-state index contributed by atoms with van der Waals surface area (Å²) in [6.07, 6.45) is -1.99. The molecule has 0 rings (SSSR count). The predicted octanol–water partition coefficient (Wildman–Crippen LogP) is -0.382. The minimum atomic E-state index is -4.82. The Morgan fingerprint density at radius 3 is 1.89 bits per heavy atom. The van der Waals surface area contributed by atoms with Crippen LogP contribution in [0.15, 0.2) is 0 Å². The summed E-state index contributed by atoms with van der Waals surface area (Å²) >= 11 is 0. The summed E-state index contributed by atoms with van der Waals surface area (Å²) in [6, 6.07) is 0. The van der Waals surface area contributed by atoms with Gasteiger partial charge in [0.2, 0.25) is 0 Å². The molecule has 3 N–H and O–H groups in total. The maximum atomic E-state index is 9.53. The van der Waals surface area contributed by atoms with Gasteiger partial charge in [0.05, 0.1) is 0 Å². The van der Waals surface area contributed by atoms with Crippen molar-refractivity contribution in [2.75, 3.05) is 0 Å². The van der Waals surface area contributed by atoms with Crippen LogP contribution in [0.1, 0.15) is 2.85 Å². The van der Waals surface area contributed by atoms with Crippen molar-refractivity contribution in [2.24, 2.45) is 0 Å². The Bertz CT molecular complexity index is 144. The third-order valence-electron chi connectivity index (χ3n) is 0.197. The van der Waals surface area contributed by atoms with E-state index in [9.17, 15) is 9.36 Å². The number of rotatable bonds is 1. The molecule has 0 radical (unpaired) electrons. The van der Waals surface area contributed by atoms with Gasteiger partial charge in [-0.1, -0.05) is 0 Å². The van der Waals surface area contributed by atoms with Crippen LogP contribution >= 0.6 is 7.82 Å². The van der Waals surface area contributed by atoms with Crippen molar-refractivity contribution in [3.05, 3.63) is 0 Å². The van der Waals surface area contributed by atoms with E-state index in [0.29, 0.717) is 0 Å². The first kappa shape index (κ1) is 12.6. The molecule has 0 bridgehead atoms. The second kappa shape index (κ2) is 4.68. The van der Waals surface area contributed by atoms with E-state index >= 15 is 0 Å². The molecule has 0 atom stereocenters. The molecule has 0 saturated carbocycles. The van der Waals surface area contributed by atoms with E-state index < -0.39 is 14.0 Å². The summed E-state index contributed by atoms with van der Waals surface area (Å²) in [5, 5.41) is 7.53. The zero-order valence-electron chi connectivity index (χ0n) is 6.22. The van der Waals surface area contributed by atoms with E-state index in [1.54, 1.807) is 0 Å². The number of carboxylic acid groups (broad SMARTS) is 1. The van der Waals surface area contributed by atoms with Crippen molar-refractivity contribution in [3.8, 4) is 0 Å². The zero-order valence-corrected chi connectivity index (χ0v) is 8.59. The van der Waals surface area contributed by atoms with Crippen LogP contribution in [0.25, 0.3) is 0 Å².